The molecule has 1 aromatic rings. The fourth-order valence-corrected chi connectivity index (χ4v) is 3.41. The zero-order valence-corrected chi connectivity index (χ0v) is 11.8. The third-order valence-electron chi connectivity index (χ3n) is 4.43. The number of pyridine rings is 1. The van der Waals surface area contributed by atoms with Crippen molar-refractivity contribution in [2.75, 3.05) is 6.61 Å². The lowest BCUT2D eigenvalue weighted by atomic mass is 9.84. The topological polar surface area (TPSA) is 45.2 Å². The summed E-state index contributed by atoms with van der Waals surface area (Å²) in [5, 5.41) is 12.4. The zero-order valence-electron chi connectivity index (χ0n) is 11.8. The van der Waals surface area contributed by atoms with Crippen LogP contribution in [0.15, 0.2) is 18.5 Å². The SMILES string of the molecule is OCCCCC#Cc1cncc(C2C[C@@H]3CC[C@H]2N3)c1. The van der Waals surface area contributed by atoms with Gasteiger partial charge in [-0.25, -0.2) is 0 Å². The van der Waals surface area contributed by atoms with E-state index in [9.17, 15) is 0 Å². The van der Waals surface area contributed by atoms with Gasteiger partial charge in [0.15, 0.2) is 0 Å². The maximum absolute atomic E-state index is 8.73. The number of aliphatic hydroxyl groups excluding tert-OH is 1. The van der Waals surface area contributed by atoms with Gasteiger partial charge >= 0.3 is 0 Å². The average Bonchev–Trinajstić information content (AvgIpc) is 3.10. The highest BCUT2D eigenvalue weighted by Gasteiger charge is 2.39. The van der Waals surface area contributed by atoms with Crippen molar-refractivity contribution < 1.29 is 5.11 Å². The zero-order chi connectivity index (χ0) is 13.8. The summed E-state index contributed by atoms with van der Waals surface area (Å²) in [6.07, 6.45) is 10.4. The Kier molecular flexibility index (Phi) is 4.34. The van der Waals surface area contributed by atoms with Crippen LogP contribution in [0.3, 0.4) is 0 Å². The van der Waals surface area contributed by atoms with Gasteiger partial charge in [0, 0.05) is 49.0 Å². The van der Waals surface area contributed by atoms with Gasteiger partial charge in [0.25, 0.3) is 0 Å². The van der Waals surface area contributed by atoms with Crippen LogP contribution in [0.4, 0.5) is 0 Å². The Labute approximate surface area is 120 Å². The van der Waals surface area contributed by atoms with E-state index in [1.165, 1.54) is 24.8 Å². The van der Waals surface area contributed by atoms with E-state index in [0.29, 0.717) is 12.0 Å². The molecular weight excluding hydrogens is 248 g/mol. The molecule has 106 valence electrons. The van der Waals surface area contributed by atoms with Gasteiger partial charge in [-0.2, -0.15) is 0 Å². The molecule has 2 aliphatic heterocycles. The normalized spacial score (nSPS) is 27.4. The van der Waals surface area contributed by atoms with Crippen molar-refractivity contribution in [2.45, 2.75) is 56.5 Å². The van der Waals surface area contributed by atoms with Crippen molar-refractivity contribution in [2.24, 2.45) is 0 Å². The van der Waals surface area contributed by atoms with Gasteiger partial charge in [-0.1, -0.05) is 11.8 Å². The third kappa shape index (κ3) is 3.03. The molecule has 0 saturated carbocycles. The van der Waals surface area contributed by atoms with Crippen molar-refractivity contribution in [1.29, 1.82) is 0 Å². The molecule has 0 amide bonds. The molecule has 2 aliphatic rings. The van der Waals surface area contributed by atoms with E-state index in [2.05, 4.69) is 28.2 Å². The molecule has 2 N–H and O–H groups in total. The van der Waals surface area contributed by atoms with Crippen LogP contribution in [-0.2, 0) is 0 Å². The van der Waals surface area contributed by atoms with Crippen molar-refractivity contribution >= 4 is 0 Å². The molecule has 2 saturated heterocycles. The second-order valence-electron chi connectivity index (χ2n) is 5.88. The monoisotopic (exact) mass is 270 g/mol. The molecule has 0 aromatic carbocycles. The largest absolute Gasteiger partial charge is 0.396 e. The summed E-state index contributed by atoms with van der Waals surface area (Å²) < 4.78 is 0. The standard InChI is InChI=1S/C17H22N2O/c20-8-4-2-1-3-5-13-9-14(12-18-11-13)16-10-15-6-7-17(16)19-15/h9,11-12,15-17,19-20H,1-2,4,6-8,10H2/t15-,16?,17+/m0/s1. The Morgan fingerprint density at radius 2 is 2.25 bits per heavy atom. The van der Waals surface area contributed by atoms with Crippen LogP contribution >= 0.6 is 0 Å². The predicted molar refractivity (Wildman–Crippen MR) is 79.4 cm³/mol. The first-order valence-electron chi connectivity index (χ1n) is 7.67. The lowest BCUT2D eigenvalue weighted by Gasteiger charge is -2.20. The molecule has 3 rings (SSSR count). The molecule has 2 fully saturated rings. The fourth-order valence-electron chi connectivity index (χ4n) is 3.41. The highest BCUT2D eigenvalue weighted by atomic mass is 16.2. The summed E-state index contributed by atoms with van der Waals surface area (Å²) in [6, 6.07) is 3.58. The number of aliphatic hydroxyl groups is 1. The summed E-state index contributed by atoms with van der Waals surface area (Å²) >= 11 is 0. The van der Waals surface area contributed by atoms with Gasteiger partial charge in [-0.05, 0) is 43.7 Å². The molecule has 0 aliphatic carbocycles. The summed E-state index contributed by atoms with van der Waals surface area (Å²) in [6.45, 7) is 0.260. The van der Waals surface area contributed by atoms with Crippen LogP contribution in [-0.4, -0.2) is 28.8 Å². The second-order valence-corrected chi connectivity index (χ2v) is 5.88. The van der Waals surface area contributed by atoms with Crippen LogP contribution in [0.5, 0.6) is 0 Å². The maximum Gasteiger partial charge on any atom is 0.0431 e. The van der Waals surface area contributed by atoms with Crippen molar-refractivity contribution in [3.05, 3.63) is 29.6 Å². The Morgan fingerprint density at radius 1 is 1.30 bits per heavy atom. The highest BCUT2D eigenvalue weighted by molar-refractivity contribution is 5.36. The first-order valence-corrected chi connectivity index (χ1v) is 7.67. The number of rotatable bonds is 4. The minimum Gasteiger partial charge on any atom is -0.396 e. The van der Waals surface area contributed by atoms with Crippen LogP contribution in [0.2, 0.25) is 0 Å². The molecule has 3 heteroatoms. The van der Waals surface area contributed by atoms with Crippen molar-refractivity contribution in [3.63, 3.8) is 0 Å². The van der Waals surface area contributed by atoms with Gasteiger partial charge in [0.2, 0.25) is 0 Å². The van der Waals surface area contributed by atoms with E-state index in [-0.39, 0.29) is 6.61 Å². The van der Waals surface area contributed by atoms with Gasteiger partial charge in [-0.15, -0.1) is 0 Å². The molecule has 20 heavy (non-hydrogen) atoms. The smallest absolute Gasteiger partial charge is 0.0431 e. The molecule has 3 atom stereocenters. The van der Waals surface area contributed by atoms with Crippen LogP contribution in [0.25, 0.3) is 0 Å². The molecule has 1 aromatic heterocycles. The summed E-state index contributed by atoms with van der Waals surface area (Å²) in [7, 11) is 0. The first kappa shape index (κ1) is 13.6. The van der Waals surface area contributed by atoms with E-state index in [1.807, 2.05) is 12.4 Å². The Morgan fingerprint density at radius 3 is 3.00 bits per heavy atom. The number of hydrogen-bond donors (Lipinski definition) is 2. The summed E-state index contributed by atoms with van der Waals surface area (Å²) in [4.78, 5) is 4.36. The first-order chi connectivity index (χ1) is 9.86. The van der Waals surface area contributed by atoms with E-state index in [0.717, 1.165) is 30.9 Å². The predicted octanol–water partition coefficient (Wildman–Crippen LogP) is 2.20. The number of fused-ring (bicyclic) bond motifs is 2. The Balaban J connectivity index is 1.64. The van der Waals surface area contributed by atoms with E-state index >= 15 is 0 Å². The Bertz CT molecular complexity index is 517. The number of hydrogen-bond acceptors (Lipinski definition) is 3. The average molecular weight is 270 g/mol. The molecule has 3 heterocycles. The van der Waals surface area contributed by atoms with Gasteiger partial charge in [0.1, 0.15) is 0 Å². The lowest BCUT2D eigenvalue weighted by molar-refractivity contribution is 0.285. The number of unbranched alkanes of at least 4 members (excludes halogenated alkanes) is 2. The quantitative estimate of drug-likeness (QED) is 0.651. The van der Waals surface area contributed by atoms with E-state index in [4.69, 9.17) is 5.11 Å². The number of nitrogens with zero attached hydrogens (tertiary/aromatic N) is 1. The van der Waals surface area contributed by atoms with Crippen LogP contribution in [0.1, 0.15) is 55.6 Å². The third-order valence-corrected chi connectivity index (χ3v) is 4.43. The molecular formula is C17H22N2O. The van der Waals surface area contributed by atoms with Crippen LogP contribution < -0.4 is 5.32 Å². The van der Waals surface area contributed by atoms with Gasteiger partial charge in [0.05, 0.1) is 0 Å². The van der Waals surface area contributed by atoms with Gasteiger partial charge in [-0.3, -0.25) is 4.98 Å². The van der Waals surface area contributed by atoms with Crippen molar-refractivity contribution in [1.82, 2.24) is 10.3 Å². The van der Waals surface area contributed by atoms with Crippen molar-refractivity contribution in [3.8, 4) is 11.8 Å². The summed E-state index contributed by atoms with van der Waals surface area (Å²) in [5.74, 6) is 6.99. The molecule has 2 bridgehead atoms. The second kappa shape index (κ2) is 6.39. The number of aromatic nitrogens is 1. The Hall–Kier alpha value is -1.37. The summed E-state index contributed by atoms with van der Waals surface area (Å²) in [5.41, 5.74) is 2.36. The molecule has 3 nitrogen and oxygen atoms in total. The maximum atomic E-state index is 8.73. The lowest BCUT2D eigenvalue weighted by Crippen LogP contribution is -2.21. The minimum absolute atomic E-state index is 0.260. The molecule has 1 unspecified atom stereocenters. The highest BCUT2D eigenvalue weighted by Crippen LogP contribution is 2.39. The molecule has 0 spiro atoms. The minimum atomic E-state index is 0.260. The van der Waals surface area contributed by atoms with Gasteiger partial charge < -0.3 is 10.4 Å². The number of nitrogens with one attached hydrogen (secondary N) is 1. The molecule has 0 radical (unpaired) electrons. The van der Waals surface area contributed by atoms with Crippen LogP contribution in [0, 0.1) is 11.8 Å². The fraction of sp³-hybridized carbons (Fsp3) is 0.588. The van der Waals surface area contributed by atoms with E-state index in [1.54, 1.807) is 0 Å². The van der Waals surface area contributed by atoms with E-state index < -0.39 is 0 Å².